The van der Waals surface area contributed by atoms with E-state index in [9.17, 15) is 13.2 Å². The summed E-state index contributed by atoms with van der Waals surface area (Å²) in [5.74, 6) is 1.14. The summed E-state index contributed by atoms with van der Waals surface area (Å²) < 4.78 is 45.6. The maximum absolute atomic E-state index is 12.2. The molecule has 5 nitrogen and oxygen atoms in total. The van der Waals surface area contributed by atoms with Gasteiger partial charge in [-0.2, -0.15) is 0 Å². The molecule has 3 aromatic rings. The Morgan fingerprint density at radius 1 is 1.00 bits per heavy atom. The molecule has 0 aliphatic carbocycles. The number of nitrogens with one attached hydrogen (secondary N) is 1. The van der Waals surface area contributed by atoms with Crippen molar-refractivity contribution in [3.05, 3.63) is 54.4 Å². The number of fused-ring (bicyclic) bond motifs is 1. The number of rotatable bonds is 6. The second-order valence-corrected chi connectivity index (χ2v) is 5.47. The first kappa shape index (κ1) is 17.8. The van der Waals surface area contributed by atoms with Gasteiger partial charge in [-0.25, -0.2) is 9.97 Å². The van der Waals surface area contributed by atoms with E-state index in [4.69, 9.17) is 4.74 Å². The van der Waals surface area contributed by atoms with Crippen molar-refractivity contribution in [2.75, 3.05) is 19.0 Å². The van der Waals surface area contributed by atoms with Gasteiger partial charge in [-0.05, 0) is 42.3 Å². The Hall–Kier alpha value is -3.03. The number of nitrogens with zero attached hydrogens (tertiary/aromatic N) is 2. The Balaban J connectivity index is 1.64. The molecule has 0 aliphatic rings. The molecule has 0 saturated carbocycles. The molecule has 136 valence electrons. The lowest BCUT2D eigenvalue weighted by molar-refractivity contribution is -0.274. The first-order valence-corrected chi connectivity index (χ1v) is 7.82. The third-order valence-corrected chi connectivity index (χ3v) is 3.71. The Morgan fingerprint density at radius 2 is 1.73 bits per heavy atom. The van der Waals surface area contributed by atoms with Crippen LogP contribution in [-0.4, -0.2) is 30.0 Å². The zero-order chi connectivity index (χ0) is 18.6. The van der Waals surface area contributed by atoms with Crippen molar-refractivity contribution < 1.29 is 22.6 Å². The van der Waals surface area contributed by atoms with Gasteiger partial charge in [0, 0.05) is 11.9 Å². The van der Waals surface area contributed by atoms with Gasteiger partial charge in [0.15, 0.2) is 0 Å². The van der Waals surface area contributed by atoms with Gasteiger partial charge in [-0.1, -0.05) is 12.1 Å². The summed E-state index contributed by atoms with van der Waals surface area (Å²) in [5, 5.41) is 4.06. The number of methoxy groups -OCH3 is 1. The summed E-state index contributed by atoms with van der Waals surface area (Å²) in [6.07, 6.45) is -2.60. The fourth-order valence-electron chi connectivity index (χ4n) is 2.49. The largest absolute Gasteiger partial charge is 0.573 e. The summed E-state index contributed by atoms with van der Waals surface area (Å²) >= 11 is 0. The highest BCUT2D eigenvalue weighted by atomic mass is 19.4. The van der Waals surface area contributed by atoms with Crippen LogP contribution in [0.5, 0.6) is 11.5 Å². The predicted octanol–water partition coefficient (Wildman–Crippen LogP) is 4.19. The molecular weight excluding hydrogens is 347 g/mol. The van der Waals surface area contributed by atoms with Gasteiger partial charge in [-0.15, -0.1) is 13.2 Å². The standard InChI is InChI=1S/C18H16F3N3O2/c1-25-14-6-7-16-15(10-14)17(24-11-23-16)22-9-8-12-2-4-13(5-3-12)26-18(19,20)21/h2-7,10-11H,8-9H2,1H3,(H,22,23,24). The third kappa shape index (κ3) is 4.53. The SMILES string of the molecule is COc1ccc2ncnc(NCCc3ccc(OC(F)(F)F)cc3)c2c1. The number of anilines is 1. The highest BCUT2D eigenvalue weighted by Crippen LogP contribution is 2.25. The smallest absolute Gasteiger partial charge is 0.497 e. The van der Waals surface area contributed by atoms with Crippen LogP contribution in [0.3, 0.4) is 0 Å². The molecule has 0 radical (unpaired) electrons. The lowest BCUT2D eigenvalue weighted by Crippen LogP contribution is -2.17. The van der Waals surface area contributed by atoms with Crippen molar-refractivity contribution in [3.63, 3.8) is 0 Å². The number of alkyl halides is 3. The van der Waals surface area contributed by atoms with Crippen LogP contribution in [0.1, 0.15) is 5.56 Å². The molecule has 0 aliphatic heterocycles. The molecule has 3 rings (SSSR count). The maximum atomic E-state index is 12.2. The first-order valence-electron chi connectivity index (χ1n) is 7.82. The number of hydrogen-bond donors (Lipinski definition) is 1. The van der Waals surface area contributed by atoms with Gasteiger partial charge in [0.25, 0.3) is 0 Å². The summed E-state index contributed by atoms with van der Waals surface area (Å²) in [4.78, 5) is 8.46. The van der Waals surface area contributed by atoms with Gasteiger partial charge in [0.2, 0.25) is 0 Å². The summed E-state index contributed by atoms with van der Waals surface area (Å²) in [7, 11) is 1.59. The Morgan fingerprint density at radius 3 is 2.42 bits per heavy atom. The van der Waals surface area contributed by atoms with E-state index in [1.54, 1.807) is 19.2 Å². The normalized spacial score (nSPS) is 11.4. The molecule has 1 aromatic heterocycles. The quantitative estimate of drug-likeness (QED) is 0.712. The van der Waals surface area contributed by atoms with E-state index in [0.29, 0.717) is 24.5 Å². The molecule has 0 saturated heterocycles. The van der Waals surface area contributed by atoms with Gasteiger partial charge in [0.05, 0.1) is 12.6 Å². The minimum absolute atomic E-state index is 0.233. The van der Waals surface area contributed by atoms with Crippen molar-refractivity contribution in [2.45, 2.75) is 12.8 Å². The van der Waals surface area contributed by atoms with Crippen molar-refractivity contribution in [1.29, 1.82) is 0 Å². The second-order valence-electron chi connectivity index (χ2n) is 5.47. The lowest BCUT2D eigenvalue weighted by atomic mass is 10.1. The van der Waals surface area contributed by atoms with Crippen LogP contribution in [0.2, 0.25) is 0 Å². The minimum Gasteiger partial charge on any atom is -0.497 e. The molecule has 1 N–H and O–H groups in total. The van der Waals surface area contributed by atoms with E-state index in [-0.39, 0.29) is 5.75 Å². The molecule has 0 amide bonds. The van der Waals surface area contributed by atoms with Gasteiger partial charge >= 0.3 is 6.36 Å². The van der Waals surface area contributed by atoms with Crippen LogP contribution in [-0.2, 0) is 6.42 Å². The Bertz CT molecular complexity index is 883. The Labute approximate surface area is 147 Å². The monoisotopic (exact) mass is 363 g/mol. The van der Waals surface area contributed by atoms with E-state index < -0.39 is 6.36 Å². The molecule has 0 unspecified atom stereocenters. The topological polar surface area (TPSA) is 56.3 Å². The molecule has 0 atom stereocenters. The second kappa shape index (κ2) is 7.47. The average Bonchev–Trinajstić information content (AvgIpc) is 2.62. The van der Waals surface area contributed by atoms with Crippen LogP contribution in [0.25, 0.3) is 10.9 Å². The van der Waals surface area contributed by atoms with Crippen LogP contribution in [0.4, 0.5) is 19.0 Å². The van der Waals surface area contributed by atoms with Gasteiger partial charge in [0.1, 0.15) is 23.6 Å². The van der Waals surface area contributed by atoms with Crippen molar-refractivity contribution in [3.8, 4) is 11.5 Å². The summed E-state index contributed by atoms with van der Waals surface area (Å²) in [6, 6.07) is 11.3. The van der Waals surface area contributed by atoms with E-state index in [1.807, 2.05) is 18.2 Å². The van der Waals surface area contributed by atoms with Crippen molar-refractivity contribution in [2.24, 2.45) is 0 Å². The number of halogens is 3. The highest BCUT2D eigenvalue weighted by Gasteiger charge is 2.30. The molecule has 26 heavy (non-hydrogen) atoms. The number of aromatic nitrogens is 2. The zero-order valence-corrected chi connectivity index (χ0v) is 13.9. The third-order valence-electron chi connectivity index (χ3n) is 3.71. The molecule has 2 aromatic carbocycles. The van der Waals surface area contributed by atoms with Crippen molar-refractivity contribution in [1.82, 2.24) is 9.97 Å². The van der Waals surface area contributed by atoms with E-state index in [2.05, 4.69) is 20.0 Å². The number of ether oxygens (including phenoxy) is 2. The highest BCUT2D eigenvalue weighted by molar-refractivity contribution is 5.89. The zero-order valence-electron chi connectivity index (χ0n) is 13.9. The molecular formula is C18H16F3N3O2. The van der Waals surface area contributed by atoms with Crippen LogP contribution in [0.15, 0.2) is 48.8 Å². The van der Waals surface area contributed by atoms with E-state index >= 15 is 0 Å². The van der Waals surface area contributed by atoms with Crippen LogP contribution < -0.4 is 14.8 Å². The number of benzene rings is 2. The van der Waals surface area contributed by atoms with Gasteiger partial charge in [-0.3, -0.25) is 0 Å². The number of hydrogen-bond acceptors (Lipinski definition) is 5. The van der Waals surface area contributed by atoms with Crippen LogP contribution in [0, 0.1) is 0 Å². The average molecular weight is 363 g/mol. The fraction of sp³-hybridized carbons (Fsp3) is 0.222. The molecule has 8 heteroatoms. The van der Waals surface area contributed by atoms with E-state index in [1.165, 1.54) is 18.5 Å². The minimum atomic E-state index is -4.68. The fourth-order valence-corrected chi connectivity index (χ4v) is 2.49. The van der Waals surface area contributed by atoms with Gasteiger partial charge < -0.3 is 14.8 Å². The molecule has 1 heterocycles. The molecule has 0 spiro atoms. The molecule has 0 fully saturated rings. The van der Waals surface area contributed by atoms with E-state index in [0.717, 1.165) is 16.5 Å². The lowest BCUT2D eigenvalue weighted by Gasteiger charge is -2.11. The van der Waals surface area contributed by atoms with Crippen molar-refractivity contribution >= 4 is 16.7 Å². The first-order chi connectivity index (χ1) is 12.4. The maximum Gasteiger partial charge on any atom is 0.573 e. The molecule has 0 bridgehead atoms. The Kier molecular flexibility index (Phi) is 5.11. The predicted molar refractivity (Wildman–Crippen MR) is 91.4 cm³/mol. The summed E-state index contributed by atoms with van der Waals surface area (Å²) in [6.45, 7) is 0.558. The van der Waals surface area contributed by atoms with Crippen LogP contribution >= 0.6 is 0 Å². The summed E-state index contributed by atoms with van der Waals surface area (Å²) in [5.41, 5.74) is 1.67.